The smallest absolute Gasteiger partial charge is 0.302 e. The van der Waals surface area contributed by atoms with Gasteiger partial charge in [-0.3, -0.25) is 14.4 Å². The van der Waals surface area contributed by atoms with Crippen LogP contribution in [0.25, 0.3) is 0 Å². The van der Waals surface area contributed by atoms with Crippen LogP contribution in [0.3, 0.4) is 0 Å². The minimum Gasteiger partial charge on any atom is -0.484 e. The Bertz CT molecular complexity index is 1240. The van der Waals surface area contributed by atoms with Crippen molar-refractivity contribution in [1.29, 1.82) is 0 Å². The van der Waals surface area contributed by atoms with Crippen molar-refractivity contribution in [3.05, 3.63) is 58.1 Å². The van der Waals surface area contributed by atoms with E-state index in [1.807, 2.05) is 0 Å². The van der Waals surface area contributed by atoms with Crippen LogP contribution in [0.2, 0.25) is 10.0 Å². The Kier molecular flexibility index (Phi) is 8.32. The molecule has 0 spiro atoms. The number of hydrogen-bond acceptors (Lipinski definition) is 6. The van der Waals surface area contributed by atoms with E-state index in [9.17, 15) is 23.2 Å². The minimum absolute atomic E-state index is 0.0531. The maximum absolute atomic E-state index is 13.6. The Balaban J connectivity index is 1.36. The summed E-state index contributed by atoms with van der Waals surface area (Å²) in [7, 11) is 0. The fourth-order valence-corrected chi connectivity index (χ4v) is 5.30. The van der Waals surface area contributed by atoms with Gasteiger partial charge in [0.15, 0.2) is 13.2 Å². The van der Waals surface area contributed by atoms with E-state index >= 15 is 0 Å². The standard InChI is InChI=1S/C26H26Cl2F2N2O6/c1-15(33)38-22-12-25(31-23(34)13-36-16-2-4-18(27)20(29)10-16)6-8-26(22,9-7-25)32-24(35)14-37-17-3-5-19(28)21(30)11-17/h2-5,10-11,22H,6-9,12-14H2,1H3,(H,31,34)(H,32,35)/t22-,25?,26?/m1/s1. The monoisotopic (exact) mass is 570 g/mol. The second-order valence-corrected chi connectivity index (χ2v) is 10.4. The molecule has 2 N–H and O–H groups in total. The van der Waals surface area contributed by atoms with Gasteiger partial charge in [-0.25, -0.2) is 8.78 Å². The van der Waals surface area contributed by atoms with Gasteiger partial charge in [0.25, 0.3) is 11.8 Å². The number of amides is 2. The summed E-state index contributed by atoms with van der Waals surface area (Å²) in [5.74, 6) is -2.40. The highest BCUT2D eigenvalue weighted by molar-refractivity contribution is 6.31. The van der Waals surface area contributed by atoms with E-state index in [1.165, 1.54) is 31.2 Å². The molecule has 3 saturated carbocycles. The van der Waals surface area contributed by atoms with Gasteiger partial charge in [0, 0.05) is 31.0 Å². The van der Waals surface area contributed by atoms with Gasteiger partial charge in [-0.05, 0) is 49.9 Å². The van der Waals surface area contributed by atoms with Crippen LogP contribution in [0.4, 0.5) is 8.78 Å². The minimum atomic E-state index is -0.832. The van der Waals surface area contributed by atoms with Crippen LogP contribution in [0.5, 0.6) is 11.5 Å². The zero-order valence-corrected chi connectivity index (χ0v) is 22.0. The molecule has 8 nitrogen and oxygen atoms in total. The van der Waals surface area contributed by atoms with Crippen LogP contribution >= 0.6 is 23.2 Å². The topological polar surface area (TPSA) is 103 Å². The average Bonchev–Trinajstić information content (AvgIpc) is 2.86. The third-order valence-electron chi connectivity index (χ3n) is 6.91. The number of rotatable bonds is 9. The number of hydrogen-bond donors (Lipinski definition) is 2. The third-order valence-corrected chi connectivity index (χ3v) is 7.53. The molecule has 2 bridgehead atoms. The van der Waals surface area contributed by atoms with Gasteiger partial charge in [-0.2, -0.15) is 0 Å². The van der Waals surface area contributed by atoms with Gasteiger partial charge in [-0.15, -0.1) is 0 Å². The summed E-state index contributed by atoms with van der Waals surface area (Å²) in [5.41, 5.74) is -1.49. The van der Waals surface area contributed by atoms with Crippen LogP contribution in [0, 0.1) is 11.6 Å². The molecule has 0 aliphatic heterocycles. The van der Waals surface area contributed by atoms with Crippen LogP contribution < -0.4 is 20.1 Å². The number of nitrogens with one attached hydrogen (secondary N) is 2. The first-order valence-corrected chi connectivity index (χ1v) is 12.7. The van der Waals surface area contributed by atoms with Crippen molar-refractivity contribution >= 4 is 41.0 Å². The van der Waals surface area contributed by atoms with E-state index in [0.717, 1.165) is 12.1 Å². The van der Waals surface area contributed by atoms with E-state index in [4.69, 9.17) is 37.4 Å². The molecule has 5 rings (SSSR count). The SMILES string of the molecule is CC(=O)O[C@@H]1CC2(NC(=O)COc3ccc(Cl)c(F)c3)CCC1(NC(=O)COc1ccc(Cl)c(F)c1)CC2. The molecule has 1 atom stereocenters. The number of carbonyl (C=O) groups excluding carboxylic acids is 3. The molecule has 12 heteroatoms. The summed E-state index contributed by atoms with van der Waals surface area (Å²) >= 11 is 11.3. The first kappa shape index (κ1) is 27.9. The normalized spacial score (nSPS) is 23.9. The molecule has 0 unspecified atom stereocenters. The van der Waals surface area contributed by atoms with E-state index in [1.54, 1.807) is 0 Å². The molecular weight excluding hydrogens is 545 g/mol. The van der Waals surface area contributed by atoms with Crippen molar-refractivity contribution in [2.45, 2.75) is 56.2 Å². The lowest BCUT2D eigenvalue weighted by molar-refractivity contribution is -0.164. The van der Waals surface area contributed by atoms with E-state index < -0.39 is 46.6 Å². The zero-order valence-electron chi connectivity index (χ0n) is 20.5. The summed E-state index contributed by atoms with van der Waals surface area (Å²) < 4.78 is 43.6. The molecule has 2 aromatic rings. The van der Waals surface area contributed by atoms with Crippen LogP contribution in [0.15, 0.2) is 36.4 Å². The predicted octanol–water partition coefficient (Wildman–Crippen LogP) is 4.35. The highest BCUT2D eigenvalue weighted by Gasteiger charge is 2.57. The van der Waals surface area contributed by atoms with E-state index in [2.05, 4.69) is 10.6 Å². The average molecular weight is 571 g/mol. The maximum atomic E-state index is 13.6. The largest absolute Gasteiger partial charge is 0.484 e. The van der Waals surface area contributed by atoms with Gasteiger partial charge in [0.2, 0.25) is 0 Å². The molecular formula is C26H26Cl2F2N2O6. The zero-order chi connectivity index (χ0) is 27.5. The van der Waals surface area contributed by atoms with Crippen molar-refractivity contribution in [1.82, 2.24) is 10.6 Å². The quantitative estimate of drug-likeness (QED) is 0.434. The Hall–Kier alpha value is -3.11. The summed E-state index contributed by atoms with van der Waals surface area (Å²) in [6.07, 6.45) is 1.53. The van der Waals surface area contributed by atoms with Crippen LogP contribution in [-0.4, -0.2) is 48.2 Å². The number of esters is 1. The molecule has 38 heavy (non-hydrogen) atoms. The fraction of sp³-hybridized carbons (Fsp3) is 0.423. The second kappa shape index (κ2) is 11.3. The molecule has 2 amide bonds. The van der Waals surface area contributed by atoms with Crippen LogP contribution in [-0.2, 0) is 19.1 Å². The highest BCUT2D eigenvalue weighted by atomic mass is 35.5. The fourth-order valence-electron chi connectivity index (χ4n) is 5.06. The number of benzene rings is 2. The summed E-state index contributed by atoms with van der Waals surface area (Å²) in [6.45, 7) is 0.562. The number of carbonyl (C=O) groups is 3. The van der Waals surface area contributed by atoms with Crippen molar-refractivity contribution in [3.8, 4) is 11.5 Å². The van der Waals surface area contributed by atoms with Gasteiger partial charge in [0.1, 0.15) is 29.2 Å². The Morgan fingerprint density at radius 3 is 1.84 bits per heavy atom. The van der Waals surface area contributed by atoms with Crippen molar-refractivity contribution in [3.63, 3.8) is 0 Å². The lowest BCUT2D eigenvalue weighted by Crippen LogP contribution is -2.71. The van der Waals surface area contributed by atoms with Crippen molar-refractivity contribution in [2.24, 2.45) is 0 Å². The summed E-state index contributed by atoms with van der Waals surface area (Å²) in [6, 6.07) is 7.75. The highest BCUT2D eigenvalue weighted by Crippen LogP contribution is 2.48. The Labute approximate surface area is 227 Å². The first-order valence-electron chi connectivity index (χ1n) is 11.9. The molecule has 2 aromatic carbocycles. The number of halogens is 4. The van der Waals surface area contributed by atoms with Crippen LogP contribution in [0.1, 0.15) is 39.0 Å². The van der Waals surface area contributed by atoms with Gasteiger partial charge < -0.3 is 24.8 Å². The van der Waals surface area contributed by atoms with Gasteiger partial charge in [0.05, 0.1) is 15.6 Å². The van der Waals surface area contributed by atoms with E-state index in [0.29, 0.717) is 25.7 Å². The molecule has 3 fully saturated rings. The van der Waals surface area contributed by atoms with Gasteiger partial charge >= 0.3 is 5.97 Å². The molecule has 0 aromatic heterocycles. The third kappa shape index (κ3) is 6.47. The maximum Gasteiger partial charge on any atom is 0.302 e. The predicted molar refractivity (Wildman–Crippen MR) is 134 cm³/mol. The molecule has 204 valence electrons. The number of ether oxygens (including phenoxy) is 3. The Morgan fingerprint density at radius 2 is 1.37 bits per heavy atom. The van der Waals surface area contributed by atoms with Gasteiger partial charge in [-0.1, -0.05) is 23.2 Å². The number of fused-ring (bicyclic) bond motifs is 3. The molecule has 0 radical (unpaired) electrons. The second-order valence-electron chi connectivity index (χ2n) is 9.56. The lowest BCUT2D eigenvalue weighted by atomic mass is 9.59. The summed E-state index contributed by atoms with van der Waals surface area (Å²) in [4.78, 5) is 37.3. The summed E-state index contributed by atoms with van der Waals surface area (Å²) in [5, 5.41) is 5.83. The molecule has 3 aliphatic carbocycles. The lowest BCUT2D eigenvalue weighted by Gasteiger charge is -2.57. The molecule has 0 heterocycles. The molecule has 0 saturated heterocycles. The van der Waals surface area contributed by atoms with Crippen molar-refractivity contribution < 1.29 is 37.4 Å². The molecule has 3 aliphatic rings. The van der Waals surface area contributed by atoms with Crippen molar-refractivity contribution in [2.75, 3.05) is 13.2 Å². The Morgan fingerprint density at radius 1 is 0.868 bits per heavy atom. The van der Waals surface area contributed by atoms with E-state index in [-0.39, 0.29) is 41.2 Å². The first-order chi connectivity index (χ1) is 18.0.